The number of benzene rings is 3. The summed E-state index contributed by atoms with van der Waals surface area (Å²) in [5.74, 6) is -2.25. The third-order valence-electron chi connectivity index (χ3n) is 30.5. The smallest absolute Gasteiger partial charge is 0.280 e. The van der Waals surface area contributed by atoms with Crippen molar-refractivity contribution in [3.05, 3.63) is 106 Å². The molecule has 0 radical (unpaired) electrons. The van der Waals surface area contributed by atoms with Crippen LogP contribution >= 0.6 is 21.6 Å². The highest BCUT2D eigenvalue weighted by atomic mass is 33.1. The second-order valence-electron chi connectivity index (χ2n) is 41.1. The van der Waals surface area contributed by atoms with Gasteiger partial charge in [-0.2, -0.15) is 4.98 Å². The first kappa shape index (κ1) is 104. The lowest BCUT2D eigenvalue weighted by Gasteiger charge is -2.50. The van der Waals surface area contributed by atoms with E-state index in [-0.39, 0.29) is 187 Å². The number of aromatic amines is 1. The van der Waals surface area contributed by atoms with E-state index in [1.54, 1.807) is 62.5 Å². The van der Waals surface area contributed by atoms with Crippen molar-refractivity contribution in [1.29, 1.82) is 0 Å². The Labute approximate surface area is 813 Å². The second-order valence-corrected chi connectivity index (χ2v) is 43.8. The molecule has 3 unspecified atom stereocenters. The number of aromatic nitrogens is 7. The predicted octanol–water partition coefficient (Wildman–Crippen LogP) is 12.5. The zero-order valence-electron chi connectivity index (χ0n) is 82.2. The Kier molecular flexibility index (Phi) is 35.5. The van der Waals surface area contributed by atoms with Crippen molar-refractivity contribution in [3.8, 4) is 22.5 Å². The van der Waals surface area contributed by atoms with Gasteiger partial charge in [0.25, 0.3) is 11.5 Å². The van der Waals surface area contributed by atoms with Crippen molar-refractivity contribution in [1.82, 2.24) is 66.8 Å². The molecule has 35 heteroatoms. The van der Waals surface area contributed by atoms with Crippen molar-refractivity contribution < 1.29 is 76.9 Å². The molecule has 10 heterocycles. The van der Waals surface area contributed by atoms with Gasteiger partial charge in [-0.1, -0.05) is 156 Å². The predicted molar refractivity (Wildman–Crippen MR) is 527 cm³/mol. The standard InChI is InChI=1S/C102H148N16O17S2/c1-59-30-37-74(51-75-52-80(129-13)67(9)102(132-75)63(5)53-100(11,135-102)82-42-44-99(10,133-82)92-61(3)50-81(131-92)91-60(2)49-62(4)101(128,58-119)134-91)130-90(59)66(8)94(124)106-47-48-136-137-57-65(7)110-96(126)78(112-85(122)38-31-64(6)109-95(125)70-33-35-72(36-34-70)107-54-73-55-108-93-88(111-73)97(127)114-98(103)113-93)28-20-45-104-83(120)39-32-68-21-18-23-69(24-19-22-68)43-46-105-84(121)40-41-86(123)118-56-71-25-14-15-26-76(71)87-89(117(12)116-115-87)77-27-16-17-29-79(77)118/h14-17,25-27,29,33-36,55,59-69,74-75,78,80-82,90-92,107,119,128H,18-24,28,30-32,37-54,56-58H2,1-13H3,(H,104,120)(H,105,121)(H,106,124)(H,109,125)(H,110,126)(H,112,122)(H3,103,108,113,114,127)/t59-,60-,61-,62+,63+,64+,65+,66+,67+,68?,69?,74+,75+,78?,80+,81+,82?,90?,91+,92+,99-,100+,101-,102+/m0/s1. The Balaban J connectivity index is 0.504. The number of para-hydroxylation sites is 1. The van der Waals surface area contributed by atoms with Gasteiger partial charge in [-0.05, 0) is 170 Å². The number of hydrogen-bond acceptors (Lipinski definition) is 26. The number of nitrogens with zero attached hydrogens (tertiary/aromatic N) is 7. The zero-order valence-corrected chi connectivity index (χ0v) is 83.9. The van der Waals surface area contributed by atoms with Crippen molar-refractivity contribution in [2.24, 2.45) is 60.3 Å². The van der Waals surface area contributed by atoms with E-state index >= 15 is 0 Å². The molecule has 1 saturated carbocycles. The van der Waals surface area contributed by atoms with Crippen LogP contribution in [-0.2, 0) is 82.1 Å². The van der Waals surface area contributed by atoms with Gasteiger partial charge in [0.15, 0.2) is 22.7 Å². The van der Waals surface area contributed by atoms with Gasteiger partial charge in [0.2, 0.25) is 41.4 Å². The van der Waals surface area contributed by atoms with Crippen molar-refractivity contribution in [3.63, 3.8) is 0 Å². The summed E-state index contributed by atoms with van der Waals surface area (Å²) >= 11 is 0. The molecule has 0 bridgehead atoms. The Hall–Kier alpha value is -8.75. The number of rotatable bonds is 39. The molecule has 22 atom stereocenters. The van der Waals surface area contributed by atoms with E-state index in [1.807, 2.05) is 83.3 Å². The Bertz CT molecular complexity index is 5180. The highest BCUT2D eigenvalue weighted by Crippen LogP contribution is 2.58. The van der Waals surface area contributed by atoms with Crippen LogP contribution in [0.1, 0.15) is 252 Å². The number of H-pyrrole nitrogens is 1. The maximum absolute atomic E-state index is 14.3. The van der Waals surface area contributed by atoms with E-state index in [1.165, 1.54) is 6.20 Å². The van der Waals surface area contributed by atoms with Crippen molar-refractivity contribution in [2.45, 2.75) is 333 Å². The summed E-state index contributed by atoms with van der Waals surface area (Å²) in [5.41, 5.74) is 10.8. The van der Waals surface area contributed by atoms with Crippen molar-refractivity contribution >= 4 is 91.4 Å². The summed E-state index contributed by atoms with van der Waals surface area (Å²) < 4.78 is 50.2. The van der Waals surface area contributed by atoms with Crippen LogP contribution in [-0.4, -0.2) is 221 Å². The summed E-state index contributed by atoms with van der Waals surface area (Å²) in [6.07, 6.45) is 15.8. The zero-order chi connectivity index (χ0) is 97.6. The van der Waals surface area contributed by atoms with Crippen LogP contribution in [0, 0.1) is 53.3 Å². The molecule has 8 aliphatic rings. The van der Waals surface area contributed by atoms with Gasteiger partial charge >= 0.3 is 0 Å². The summed E-state index contributed by atoms with van der Waals surface area (Å²) in [6, 6.07) is 20.9. The number of nitrogen functional groups attached to an aromatic ring is 1. The number of carbonyl (C=O) groups excluding carboxylic acids is 7. The molecule has 3 aromatic carbocycles. The number of hydrogen-bond donors (Lipinski definition) is 11. The molecule has 14 rings (SSSR count). The molecular weight excluding hydrogens is 1790 g/mol. The van der Waals surface area contributed by atoms with Gasteiger partial charge in [-0.15, -0.1) is 5.10 Å². The monoisotopic (exact) mass is 1930 g/mol. The molecule has 12 N–H and O–H groups in total. The van der Waals surface area contributed by atoms with E-state index in [0.717, 1.165) is 130 Å². The van der Waals surface area contributed by atoms with E-state index in [4.69, 9.17) is 38.9 Å². The Morgan fingerprint density at radius 2 is 1.43 bits per heavy atom. The maximum Gasteiger partial charge on any atom is 0.280 e. The van der Waals surface area contributed by atoms with Crippen LogP contribution in [0.4, 0.5) is 17.3 Å². The van der Waals surface area contributed by atoms with Gasteiger partial charge in [0.1, 0.15) is 11.7 Å². The number of methoxy groups -OCH3 is 1. The van der Waals surface area contributed by atoms with Crippen molar-refractivity contribution in [2.75, 3.05) is 60.8 Å². The third kappa shape index (κ3) is 25.6. The van der Waals surface area contributed by atoms with E-state index < -0.39 is 52.9 Å². The molecule has 750 valence electrons. The minimum Gasteiger partial charge on any atom is -0.391 e. The lowest BCUT2D eigenvalue weighted by Crippen LogP contribution is -2.58. The number of aliphatic hydroxyl groups is 2. The fourth-order valence-electron chi connectivity index (χ4n) is 22.7. The normalized spacial score (nSPS) is 30.2. The number of aryl methyl sites for hydroxylation is 1. The topological polar surface area (TPSA) is 440 Å². The number of amides is 7. The minimum atomic E-state index is -1.60. The number of nitrogens with one attached hydrogen (secondary N) is 8. The van der Waals surface area contributed by atoms with Gasteiger partial charge in [0, 0.05) is 136 Å². The maximum atomic E-state index is 14.3. The van der Waals surface area contributed by atoms with Crippen LogP contribution < -0.4 is 53.4 Å². The van der Waals surface area contributed by atoms with Gasteiger partial charge in [-0.25, -0.2) is 14.6 Å². The molecule has 33 nitrogen and oxygen atoms in total. The minimum absolute atomic E-state index is 0.0156. The Morgan fingerprint density at radius 1 is 0.701 bits per heavy atom. The molecule has 7 amide bonds. The molecular formula is C102H148N16O17S2. The summed E-state index contributed by atoms with van der Waals surface area (Å²) in [4.78, 5) is 126. The lowest BCUT2D eigenvalue weighted by molar-refractivity contribution is -0.353. The molecule has 7 fully saturated rings. The average Bonchev–Trinajstić information content (AvgIpc) is 1.55. The van der Waals surface area contributed by atoms with Gasteiger partial charge in [-0.3, -0.25) is 43.3 Å². The fraction of sp³-hybridized carbons (Fsp3) is 0.676. The first-order valence-electron chi connectivity index (χ1n) is 50.2. The highest BCUT2D eigenvalue weighted by molar-refractivity contribution is 8.76. The van der Waals surface area contributed by atoms with Crippen LogP contribution in [0.2, 0.25) is 0 Å². The molecule has 1 aliphatic carbocycles. The highest BCUT2D eigenvalue weighted by Gasteiger charge is 2.65. The van der Waals surface area contributed by atoms with Gasteiger partial charge in [0.05, 0.1) is 109 Å². The second kappa shape index (κ2) is 46.8. The molecule has 7 aliphatic heterocycles. The molecule has 6 saturated heterocycles. The quantitative estimate of drug-likeness (QED) is 0.0126. The number of aliphatic hydroxyl groups excluding tert-OH is 1. The first-order valence-corrected chi connectivity index (χ1v) is 52.7. The summed E-state index contributed by atoms with van der Waals surface area (Å²) in [6.45, 7) is 24.3. The van der Waals surface area contributed by atoms with Crippen LogP contribution in [0.3, 0.4) is 0 Å². The molecule has 137 heavy (non-hydrogen) atoms. The summed E-state index contributed by atoms with van der Waals surface area (Å²) in [5, 5.41) is 51.9. The Morgan fingerprint density at radius 3 is 2.19 bits per heavy atom. The number of fused-ring (bicyclic) bond motifs is 6. The van der Waals surface area contributed by atoms with Crippen LogP contribution in [0.5, 0.6) is 0 Å². The number of anilines is 3. The van der Waals surface area contributed by atoms with Gasteiger partial charge < -0.3 is 91.2 Å². The average molecular weight is 1930 g/mol. The first-order chi connectivity index (χ1) is 65.6. The molecule has 1 spiro atoms. The number of carbonyl (C=O) groups is 7. The number of nitrogens with two attached hydrogens (primary N) is 1. The lowest BCUT2D eigenvalue weighted by atomic mass is 9.78. The SMILES string of the molecule is CO[C@@H]1C[C@@H](C[C@H]2CC[C@H](C)C([C@@H](C)C(=O)NCCSSC[C@@H](C)NC(=O)C(CCCNC(=O)CCC3CCCC(CCNC(=O)CCC(=O)N4Cc5ccccc5-c5nnn(C)c5-c5ccccc54)CCC3)NC(=O)CC[C@@H](C)NC(=O)c3ccc(NCc4cnc5nc(N)[nH]c(=O)c5n4)cc3)O2)O[C@]2(O[C@@](C)(C3CC[C@@](C)([C@@H]4O[C@@H]([C@@H]5O[C@@](O)(CO)[C@H](C)C[C@@H]5C)C[C@@H]4C)O3)C[C@H]2C)[C@@H]1C. The van der Waals surface area contributed by atoms with E-state index in [2.05, 4.69) is 116 Å². The van der Waals surface area contributed by atoms with E-state index in [9.17, 15) is 48.6 Å². The largest absolute Gasteiger partial charge is 0.391 e. The third-order valence-corrected chi connectivity index (χ3v) is 33.1. The fourth-order valence-corrected chi connectivity index (χ4v) is 24.9. The molecule has 6 aromatic rings. The molecule has 3 aromatic heterocycles. The van der Waals surface area contributed by atoms with Crippen LogP contribution in [0.15, 0.2) is 83.8 Å². The van der Waals surface area contributed by atoms with E-state index in [0.29, 0.717) is 92.1 Å². The van der Waals surface area contributed by atoms with Crippen LogP contribution in [0.25, 0.3) is 33.7 Å². The number of ether oxygens (including phenoxy) is 7. The summed E-state index contributed by atoms with van der Waals surface area (Å²) in [7, 11) is 6.80.